The van der Waals surface area contributed by atoms with Crippen LogP contribution < -0.4 is 0 Å². The van der Waals surface area contributed by atoms with Crippen LogP contribution in [0.25, 0.3) is 42.9 Å². The van der Waals surface area contributed by atoms with Gasteiger partial charge in [-0.25, -0.2) is 8.39 Å². The van der Waals surface area contributed by atoms with Crippen LogP contribution in [0.15, 0.2) is 105 Å². The highest BCUT2D eigenvalue weighted by Gasteiger charge is 2.15. The molecule has 2 unspecified atom stereocenters. The van der Waals surface area contributed by atoms with Crippen LogP contribution in [-0.2, 0) is 9.13 Å². The Morgan fingerprint density at radius 3 is 1.20 bits per heavy atom. The molecule has 6 rings (SSSR count). The molecule has 0 saturated heterocycles. The lowest BCUT2D eigenvalue weighted by molar-refractivity contribution is 0.562. The normalized spacial score (nSPS) is 12.1. The van der Waals surface area contributed by atoms with Crippen molar-refractivity contribution in [2.75, 3.05) is 0 Å². The van der Waals surface area contributed by atoms with Crippen LogP contribution in [-0.4, -0.2) is 0 Å². The van der Waals surface area contributed by atoms with E-state index in [2.05, 4.69) is 0 Å². The predicted octanol–water partition coefficient (Wildman–Crippen LogP) is 8.66. The summed E-state index contributed by atoms with van der Waals surface area (Å²) >= 11 is 0. The fourth-order valence-corrected chi connectivity index (χ4v) is 5.61. The minimum Gasteiger partial charge on any atom is -0.250 e. The molecule has 4 nitrogen and oxygen atoms in total. The van der Waals surface area contributed by atoms with Crippen molar-refractivity contribution in [1.82, 2.24) is 0 Å². The average molecular weight is 430 g/mol. The highest BCUT2D eigenvalue weighted by atomic mass is 31.1. The zero-order chi connectivity index (χ0) is 20.5. The van der Waals surface area contributed by atoms with E-state index in [0.29, 0.717) is 11.2 Å². The topological polar surface area (TPSA) is 60.4 Å². The van der Waals surface area contributed by atoms with E-state index in [-0.39, 0.29) is 0 Å². The van der Waals surface area contributed by atoms with Crippen molar-refractivity contribution in [3.05, 3.63) is 97.1 Å². The fraction of sp³-hybridized carbons (Fsp3) is 0. The van der Waals surface area contributed by atoms with E-state index < -0.39 is 15.3 Å². The molecule has 0 bridgehead atoms. The van der Waals surface area contributed by atoms with Crippen molar-refractivity contribution < 1.29 is 17.5 Å². The summed E-state index contributed by atoms with van der Waals surface area (Å²) in [6, 6.07) is 30.6. The van der Waals surface area contributed by atoms with Gasteiger partial charge in [-0.1, -0.05) is 60.7 Å². The first-order valence-corrected chi connectivity index (χ1v) is 11.8. The largest absolute Gasteiger partial charge is 0.597 e. The monoisotopic (exact) mass is 430 g/mol. The maximum Gasteiger partial charge on any atom is 0.597 e. The van der Waals surface area contributed by atoms with E-state index in [1.54, 1.807) is 0 Å². The SMILES string of the molecule is O=[p+]1oc2ccccc2c2ccccc21.O=[p+]1oc2ccccc2c2ccccc21. The van der Waals surface area contributed by atoms with Crippen molar-refractivity contribution in [2.45, 2.75) is 0 Å². The lowest BCUT2D eigenvalue weighted by Crippen LogP contribution is -1.73. The Balaban J connectivity index is 0.000000128. The molecule has 0 saturated carbocycles. The molecule has 6 heteroatoms. The molecule has 6 aromatic rings. The van der Waals surface area contributed by atoms with Crippen molar-refractivity contribution in [2.24, 2.45) is 0 Å². The lowest BCUT2D eigenvalue weighted by Gasteiger charge is -1.94. The molecule has 0 spiro atoms. The zero-order valence-electron chi connectivity index (χ0n) is 15.8. The summed E-state index contributed by atoms with van der Waals surface area (Å²) in [4.78, 5) is 0. The summed E-state index contributed by atoms with van der Waals surface area (Å²) in [6.07, 6.45) is 0. The molecule has 2 heterocycles. The van der Waals surface area contributed by atoms with Gasteiger partial charge < -0.3 is 0 Å². The van der Waals surface area contributed by atoms with Gasteiger partial charge in [-0.2, -0.15) is 0 Å². The summed E-state index contributed by atoms with van der Waals surface area (Å²) in [6.45, 7) is 0. The third-order valence-electron chi connectivity index (χ3n) is 4.92. The van der Waals surface area contributed by atoms with Crippen LogP contribution >= 0.6 is 15.3 Å². The van der Waals surface area contributed by atoms with Crippen LogP contribution in [0.4, 0.5) is 0 Å². The Morgan fingerprint density at radius 2 is 0.767 bits per heavy atom. The molecule has 2 aromatic heterocycles. The maximum atomic E-state index is 11.8. The molecule has 30 heavy (non-hydrogen) atoms. The van der Waals surface area contributed by atoms with Gasteiger partial charge in [-0.15, -0.1) is 0 Å². The van der Waals surface area contributed by atoms with Gasteiger partial charge in [-0.05, 0) is 45.5 Å². The van der Waals surface area contributed by atoms with E-state index in [4.69, 9.17) is 8.39 Å². The van der Waals surface area contributed by atoms with Crippen LogP contribution in [0.5, 0.6) is 0 Å². The quantitative estimate of drug-likeness (QED) is 0.226. The molecule has 4 aromatic carbocycles. The van der Waals surface area contributed by atoms with Crippen LogP contribution in [0.1, 0.15) is 0 Å². The molecule has 2 atom stereocenters. The zero-order valence-corrected chi connectivity index (χ0v) is 17.6. The minimum atomic E-state index is -1.74. The Labute approximate surface area is 173 Å². The van der Waals surface area contributed by atoms with Gasteiger partial charge in [0, 0.05) is 21.5 Å². The molecular formula is C24H16O4P2+2. The number of fused-ring (bicyclic) bond motifs is 6. The van der Waals surface area contributed by atoms with Crippen molar-refractivity contribution in [3.8, 4) is 0 Å². The number of hydrogen-bond donors (Lipinski definition) is 0. The van der Waals surface area contributed by atoms with Gasteiger partial charge in [-0.3, -0.25) is 0 Å². The van der Waals surface area contributed by atoms with Crippen LogP contribution in [0, 0.1) is 0 Å². The van der Waals surface area contributed by atoms with Gasteiger partial charge in [0.25, 0.3) is 0 Å². The predicted molar refractivity (Wildman–Crippen MR) is 123 cm³/mol. The van der Waals surface area contributed by atoms with E-state index >= 15 is 0 Å². The van der Waals surface area contributed by atoms with Crippen molar-refractivity contribution in [1.29, 1.82) is 0 Å². The van der Waals surface area contributed by atoms with E-state index in [1.807, 2.05) is 97.1 Å². The van der Waals surface area contributed by atoms with Crippen molar-refractivity contribution in [3.63, 3.8) is 0 Å². The highest BCUT2D eigenvalue weighted by molar-refractivity contribution is 7.37. The molecule has 0 aliphatic heterocycles. The molecule has 0 amide bonds. The van der Waals surface area contributed by atoms with Crippen LogP contribution in [0.3, 0.4) is 0 Å². The third kappa shape index (κ3) is 3.31. The first-order valence-electron chi connectivity index (χ1n) is 9.40. The number of hydrogen-bond acceptors (Lipinski definition) is 4. The summed E-state index contributed by atoms with van der Waals surface area (Å²) in [7, 11) is -3.49. The standard InChI is InChI=1S/2C12H8O2P/c2*13-15-12-8-4-2-6-10(12)9-5-1-3-7-11(9)14-15/h2*1-8H/q2*+1. The van der Waals surface area contributed by atoms with Gasteiger partial charge in [0.1, 0.15) is 0 Å². The second-order valence-electron chi connectivity index (χ2n) is 6.72. The minimum absolute atomic E-state index is 0.706. The lowest BCUT2D eigenvalue weighted by atomic mass is 10.1. The van der Waals surface area contributed by atoms with Crippen LogP contribution in [0.2, 0.25) is 0 Å². The Bertz CT molecular complexity index is 1530. The second kappa shape index (κ2) is 7.84. The number of rotatable bonds is 0. The Morgan fingerprint density at radius 1 is 0.433 bits per heavy atom. The Kier molecular flexibility index (Phi) is 4.88. The van der Waals surface area contributed by atoms with E-state index in [9.17, 15) is 9.13 Å². The van der Waals surface area contributed by atoms with Gasteiger partial charge in [0.2, 0.25) is 10.2 Å². The maximum absolute atomic E-state index is 11.8. The average Bonchev–Trinajstić information content (AvgIpc) is 2.80. The van der Waals surface area contributed by atoms with Gasteiger partial charge in [0.15, 0.2) is 11.2 Å². The van der Waals surface area contributed by atoms with E-state index in [1.165, 1.54) is 0 Å². The summed E-state index contributed by atoms with van der Waals surface area (Å²) in [5.41, 5.74) is 1.41. The smallest absolute Gasteiger partial charge is 0.250 e. The number of benzene rings is 4. The first kappa shape index (κ1) is 18.7. The molecule has 0 N–H and O–H groups in total. The fourth-order valence-electron chi connectivity index (χ4n) is 3.54. The van der Waals surface area contributed by atoms with Gasteiger partial charge in [0.05, 0.1) is 0 Å². The summed E-state index contributed by atoms with van der Waals surface area (Å²) < 4.78 is 34.3. The molecule has 0 radical (unpaired) electrons. The summed E-state index contributed by atoms with van der Waals surface area (Å²) in [5.74, 6) is 0. The third-order valence-corrected chi connectivity index (χ3v) is 7.21. The molecular weight excluding hydrogens is 414 g/mol. The molecule has 0 fully saturated rings. The van der Waals surface area contributed by atoms with E-state index in [0.717, 1.165) is 31.8 Å². The molecule has 144 valence electrons. The molecule has 0 aliphatic rings. The first-order chi connectivity index (χ1) is 14.7. The van der Waals surface area contributed by atoms with Crippen molar-refractivity contribution >= 4 is 58.3 Å². The molecule has 0 aliphatic carbocycles. The number of para-hydroxylation sites is 2. The Hall–Kier alpha value is -3.32. The highest BCUT2D eigenvalue weighted by Crippen LogP contribution is 2.35. The second-order valence-corrected chi connectivity index (χ2v) is 9.08. The summed E-state index contributed by atoms with van der Waals surface area (Å²) in [5, 5.41) is 5.63. The van der Waals surface area contributed by atoms with Gasteiger partial charge >= 0.3 is 15.3 Å².